The van der Waals surface area contributed by atoms with Gasteiger partial charge in [-0.05, 0) is 61.7 Å². The average molecular weight is 530 g/mol. The number of fused-ring (bicyclic) bond motifs is 1. The molecule has 0 saturated carbocycles. The highest BCUT2D eigenvalue weighted by Crippen LogP contribution is 2.28. The molecule has 3 amide bonds. The minimum atomic E-state index is -1.33. The number of aliphatic hydroxyl groups excluding tert-OH is 1. The molecule has 3 aromatic rings. The Morgan fingerprint density at radius 3 is 2.33 bits per heavy atom. The number of terminal acetylenes is 1. The van der Waals surface area contributed by atoms with Crippen molar-refractivity contribution in [2.45, 2.75) is 51.8 Å². The number of aliphatic hydroxyl groups is 1. The van der Waals surface area contributed by atoms with Crippen molar-refractivity contribution in [2.24, 2.45) is 0 Å². The number of ether oxygens (including phenoxy) is 1. The molecule has 39 heavy (non-hydrogen) atoms. The highest BCUT2D eigenvalue weighted by molar-refractivity contribution is 6.00. The zero-order valence-electron chi connectivity index (χ0n) is 22.7. The number of anilines is 1. The molecule has 0 bridgehead atoms. The number of carbonyl (C=O) groups is 3. The Kier molecular flexibility index (Phi) is 9.69. The van der Waals surface area contributed by atoms with E-state index in [0.29, 0.717) is 23.2 Å². The predicted molar refractivity (Wildman–Crippen MR) is 152 cm³/mol. The molecular weight excluding hydrogens is 494 g/mol. The number of alkyl carbamates (subject to hydrolysis) is 1. The Hall–Kier alpha value is -4.35. The van der Waals surface area contributed by atoms with Crippen LogP contribution in [0, 0.1) is 12.3 Å². The first-order valence-electron chi connectivity index (χ1n) is 12.8. The lowest BCUT2D eigenvalue weighted by atomic mass is 9.97. The van der Waals surface area contributed by atoms with Gasteiger partial charge in [0, 0.05) is 17.8 Å². The van der Waals surface area contributed by atoms with Crippen LogP contribution in [-0.2, 0) is 14.3 Å². The Bertz CT molecular complexity index is 1370. The molecule has 8 nitrogen and oxygen atoms in total. The minimum absolute atomic E-state index is 0.167. The van der Waals surface area contributed by atoms with Gasteiger partial charge in [0.25, 0.3) is 5.91 Å². The van der Waals surface area contributed by atoms with Gasteiger partial charge in [-0.3, -0.25) is 9.59 Å². The summed E-state index contributed by atoms with van der Waals surface area (Å²) in [7, 11) is 0. The van der Waals surface area contributed by atoms with Gasteiger partial charge < -0.3 is 25.4 Å². The van der Waals surface area contributed by atoms with Crippen molar-refractivity contribution in [3.05, 3.63) is 77.9 Å². The van der Waals surface area contributed by atoms with E-state index < -0.39 is 42.2 Å². The molecule has 0 aliphatic carbocycles. The monoisotopic (exact) mass is 529 g/mol. The summed E-state index contributed by atoms with van der Waals surface area (Å²) in [5, 5.41) is 17.4. The van der Waals surface area contributed by atoms with E-state index in [1.807, 2.05) is 43.3 Å². The van der Waals surface area contributed by atoms with E-state index in [2.05, 4.69) is 16.6 Å². The lowest BCUT2D eigenvalue weighted by molar-refractivity contribution is -0.141. The number of amides is 3. The van der Waals surface area contributed by atoms with Crippen LogP contribution < -0.4 is 10.6 Å². The van der Waals surface area contributed by atoms with Gasteiger partial charge in [0.1, 0.15) is 17.7 Å². The van der Waals surface area contributed by atoms with Gasteiger partial charge in [0.05, 0.1) is 6.61 Å². The van der Waals surface area contributed by atoms with Crippen LogP contribution in [0.25, 0.3) is 10.8 Å². The van der Waals surface area contributed by atoms with Crippen molar-refractivity contribution >= 4 is 34.4 Å². The molecule has 3 rings (SSSR count). The number of nitrogens with one attached hydrogen (secondary N) is 2. The van der Waals surface area contributed by atoms with E-state index >= 15 is 0 Å². The smallest absolute Gasteiger partial charge is 0.408 e. The lowest BCUT2D eigenvalue weighted by Gasteiger charge is -2.34. The summed E-state index contributed by atoms with van der Waals surface area (Å²) in [6, 6.07) is 17.7. The quantitative estimate of drug-likeness (QED) is 0.351. The third-order valence-electron chi connectivity index (χ3n) is 5.91. The number of rotatable bonds is 9. The molecule has 0 aromatic heterocycles. The van der Waals surface area contributed by atoms with Gasteiger partial charge in [-0.25, -0.2) is 4.79 Å². The molecule has 0 fully saturated rings. The predicted octanol–water partition coefficient (Wildman–Crippen LogP) is 4.63. The van der Waals surface area contributed by atoms with Gasteiger partial charge in [-0.1, -0.05) is 61.4 Å². The van der Waals surface area contributed by atoms with Crippen LogP contribution in [0.3, 0.4) is 0 Å². The number of benzene rings is 3. The summed E-state index contributed by atoms with van der Waals surface area (Å²) in [5.41, 5.74) is 0.653. The van der Waals surface area contributed by atoms with E-state index in [9.17, 15) is 19.5 Å². The van der Waals surface area contributed by atoms with Crippen molar-refractivity contribution in [1.82, 2.24) is 10.2 Å². The normalized spacial score (nSPS) is 12.6. The van der Waals surface area contributed by atoms with E-state index in [-0.39, 0.29) is 6.54 Å². The molecule has 204 valence electrons. The molecule has 8 heteroatoms. The number of hydrogen-bond acceptors (Lipinski definition) is 5. The number of carbonyl (C=O) groups excluding carboxylic acids is 3. The molecular formula is C31H35N3O5. The van der Waals surface area contributed by atoms with Crippen molar-refractivity contribution in [3.63, 3.8) is 0 Å². The van der Waals surface area contributed by atoms with Gasteiger partial charge in [-0.15, -0.1) is 6.42 Å². The molecule has 0 radical (unpaired) electrons. The first kappa shape index (κ1) is 29.2. The summed E-state index contributed by atoms with van der Waals surface area (Å²) < 4.78 is 5.27. The second-order valence-corrected chi connectivity index (χ2v) is 10.1. The minimum Gasteiger partial charge on any atom is -0.444 e. The summed E-state index contributed by atoms with van der Waals surface area (Å²) in [4.78, 5) is 41.4. The molecule has 2 unspecified atom stereocenters. The molecule has 3 N–H and O–H groups in total. The maximum Gasteiger partial charge on any atom is 0.408 e. The first-order chi connectivity index (χ1) is 18.6. The maximum absolute atomic E-state index is 13.9. The molecule has 0 spiro atoms. The van der Waals surface area contributed by atoms with E-state index in [1.54, 1.807) is 51.1 Å². The van der Waals surface area contributed by atoms with Gasteiger partial charge >= 0.3 is 6.09 Å². The Morgan fingerprint density at radius 1 is 1.03 bits per heavy atom. The third kappa shape index (κ3) is 7.59. The molecule has 0 saturated heterocycles. The molecule has 0 heterocycles. The fourth-order valence-corrected chi connectivity index (χ4v) is 4.24. The summed E-state index contributed by atoms with van der Waals surface area (Å²) in [6.45, 7) is 6.41. The fourth-order valence-electron chi connectivity index (χ4n) is 4.24. The maximum atomic E-state index is 13.9. The Morgan fingerprint density at radius 2 is 1.69 bits per heavy atom. The third-order valence-corrected chi connectivity index (χ3v) is 5.91. The van der Waals surface area contributed by atoms with Crippen LogP contribution in [0.2, 0.25) is 0 Å². The summed E-state index contributed by atoms with van der Waals surface area (Å²) in [6.07, 6.45) is 5.42. The number of hydrogen-bond donors (Lipinski definition) is 3. The second kappa shape index (κ2) is 12.9. The lowest BCUT2D eigenvalue weighted by Crippen LogP contribution is -2.54. The van der Waals surface area contributed by atoms with Crippen LogP contribution in [-0.4, -0.2) is 52.7 Å². The zero-order chi connectivity index (χ0) is 28.6. The van der Waals surface area contributed by atoms with Gasteiger partial charge in [-0.2, -0.15) is 0 Å². The Labute approximate surface area is 229 Å². The largest absolute Gasteiger partial charge is 0.444 e. The standard InChI is InChI=1S/C31H35N3O5/c1-6-18-34(29(37)26(20-35)33-30(38)39-31(3,4)5)27(25-15-11-10-12-21(25)7-2)28(36)32-24-17-16-22-13-8-9-14-23(22)19-24/h2,8-17,19,26-27,35H,6,18,20H2,1,3-5H3,(H,32,36)(H,33,38). The fraction of sp³-hybridized carbons (Fsp3) is 0.323. The Balaban J connectivity index is 2.01. The van der Waals surface area contributed by atoms with E-state index in [1.165, 1.54) is 4.90 Å². The van der Waals surface area contributed by atoms with Crippen molar-refractivity contribution in [3.8, 4) is 12.3 Å². The summed E-state index contributed by atoms with van der Waals surface area (Å²) in [5.74, 6) is 1.47. The van der Waals surface area contributed by atoms with Gasteiger partial charge in [0.15, 0.2) is 0 Å². The van der Waals surface area contributed by atoms with Crippen LogP contribution in [0.1, 0.15) is 51.3 Å². The molecule has 2 atom stereocenters. The highest BCUT2D eigenvalue weighted by atomic mass is 16.6. The zero-order valence-corrected chi connectivity index (χ0v) is 22.7. The topological polar surface area (TPSA) is 108 Å². The molecule has 3 aromatic carbocycles. The second-order valence-electron chi connectivity index (χ2n) is 10.1. The van der Waals surface area contributed by atoms with Crippen molar-refractivity contribution < 1.29 is 24.2 Å². The van der Waals surface area contributed by atoms with Crippen LogP contribution >= 0.6 is 0 Å². The first-order valence-corrected chi connectivity index (χ1v) is 12.8. The van der Waals surface area contributed by atoms with Crippen LogP contribution in [0.15, 0.2) is 66.7 Å². The van der Waals surface area contributed by atoms with Crippen LogP contribution in [0.4, 0.5) is 10.5 Å². The van der Waals surface area contributed by atoms with Crippen molar-refractivity contribution in [1.29, 1.82) is 0 Å². The summed E-state index contributed by atoms with van der Waals surface area (Å²) >= 11 is 0. The number of nitrogens with zero attached hydrogens (tertiary/aromatic N) is 1. The van der Waals surface area contributed by atoms with Gasteiger partial charge in [0.2, 0.25) is 5.91 Å². The van der Waals surface area contributed by atoms with Crippen LogP contribution in [0.5, 0.6) is 0 Å². The SMILES string of the molecule is C#Cc1ccccc1C(C(=O)Nc1ccc2ccccc2c1)N(CCC)C(=O)C(CO)NC(=O)OC(C)(C)C. The molecule has 0 aliphatic heterocycles. The van der Waals surface area contributed by atoms with Crippen molar-refractivity contribution in [2.75, 3.05) is 18.5 Å². The van der Waals surface area contributed by atoms with E-state index in [4.69, 9.17) is 11.2 Å². The highest BCUT2D eigenvalue weighted by Gasteiger charge is 2.36. The van der Waals surface area contributed by atoms with E-state index in [0.717, 1.165) is 10.8 Å². The average Bonchev–Trinajstić information content (AvgIpc) is 2.90. The molecule has 0 aliphatic rings.